The second-order valence-corrected chi connectivity index (χ2v) is 11.2. The summed E-state index contributed by atoms with van der Waals surface area (Å²) in [5, 5.41) is 12.8. The molecule has 4 rings (SSSR count). The fraction of sp³-hybridized carbons (Fsp3) is 0.409. The van der Waals surface area contributed by atoms with Crippen LogP contribution in [0.4, 0.5) is 11.4 Å². The number of nitrogens with one attached hydrogen (secondary N) is 1. The van der Waals surface area contributed by atoms with Crippen LogP contribution in [0.2, 0.25) is 0 Å². The Balaban J connectivity index is 1.50. The van der Waals surface area contributed by atoms with Crippen LogP contribution in [0, 0.1) is 10.1 Å². The van der Waals surface area contributed by atoms with Gasteiger partial charge in [0.05, 0.1) is 26.1 Å². The van der Waals surface area contributed by atoms with Gasteiger partial charge in [0.2, 0.25) is 10.0 Å². The highest BCUT2D eigenvalue weighted by Crippen LogP contribution is 2.34. The van der Waals surface area contributed by atoms with E-state index < -0.39 is 14.9 Å². The molecule has 11 heteroatoms. The standard InChI is InChI=1S/C22H27N5O4S2/c1-15(2)24-33(30,31)17-8-9-19(20(14-17)27(28)29)26-12-10-25(11-13-26)16(3)22-23-18-6-4-5-7-21(18)32-22/h4-9,14-16,24H,10-13H2,1-3H3/t16-/m0/s1. The number of para-hydroxylation sites is 1. The Hall–Kier alpha value is -2.60. The minimum absolute atomic E-state index is 0.102. The molecule has 0 aliphatic carbocycles. The molecule has 2 heterocycles. The van der Waals surface area contributed by atoms with E-state index in [9.17, 15) is 18.5 Å². The molecule has 176 valence electrons. The fourth-order valence-corrected chi connectivity index (χ4v) is 6.36. The van der Waals surface area contributed by atoms with E-state index in [0.29, 0.717) is 18.8 Å². The van der Waals surface area contributed by atoms with E-state index in [2.05, 4.69) is 22.6 Å². The smallest absolute Gasteiger partial charge is 0.293 e. The van der Waals surface area contributed by atoms with Crippen LogP contribution in [0.5, 0.6) is 0 Å². The number of nitro groups is 1. The topological polar surface area (TPSA) is 109 Å². The molecule has 9 nitrogen and oxygen atoms in total. The molecule has 0 bridgehead atoms. The Labute approximate surface area is 197 Å². The Morgan fingerprint density at radius 3 is 2.42 bits per heavy atom. The third-order valence-corrected chi connectivity index (χ3v) is 8.58. The molecule has 1 atom stereocenters. The molecule has 1 saturated heterocycles. The summed E-state index contributed by atoms with van der Waals surface area (Å²) in [6, 6.07) is 12.0. The van der Waals surface area contributed by atoms with E-state index in [1.165, 1.54) is 6.07 Å². The number of anilines is 1. The molecule has 0 radical (unpaired) electrons. The first-order chi connectivity index (χ1) is 15.7. The van der Waals surface area contributed by atoms with Crippen molar-refractivity contribution in [1.29, 1.82) is 0 Å². The lowest BCUT2D eigenvalue weighted by Crippen LogP contribution is -2.47. The Morgan fingerprint density at radius 2 is 1.79 bits per heavy atom. The van der Waals surface area contributed by atoms with E-state index in [-0.39, 0.29) is 22.7 Å². The molecular formula is C22H27N5O4S2. The van der Waals surface area contributed by atoms with E-state index in [1.54, 1.807) is 31.3 Å². The minimum atomic E-state index is -3.81. The number of aromatic nitrogens is 1. The Morgan fingerprint density at radius 1 is 1.09 bits per heavy atom. The number of hydrogen-bond acceptors (Lipinski definition) is 8. The molecule has 1 aliphatic heterocycles. The molecular weight excluding hydrogens is 462 g/mol. The van der Waals surface area contributed by atoms with Crippen molar-refractivity contribution in [3.63, 3.8) is 0 Å². The van der Waals surface area contributed by atoms with Crippen LogP contribution in [0.1, 0.15) is 31.8 Å². The van der Waals surface area contributed by atoms with Crippen molar-refractivity contribution in [2.24, 2.45) is 0 Å². The van der Waals surface area contributed by atoms with Gasteiger partial charge in [0, 0.05) is 38.3 Å². The maximum absolute atomic E-state index is 12.5. The van der Waals surface area contributed by atoms with E-state index >= 15 is 0 Å². The molecule has 0 saturated carbocycles. The number of nitro benzene ring substituents is 1. The summed E-state index contributed by atoms with van der Waals surface area (Å²) in [4.78, 5) is 20.2. The molecule has 3 aromatic rings. The maximum Gasteiger partial charge on any atom is 0.293 e. The molecule has 0 spiro atoms. The summed E-state index contributed by atoms with van der Waals surface area (Å²) < 4.78 is 28.6. The van der Waals surface area contributed by atoms with Gasteiger partial charge in [-0.2, -0.15) is 0 Å². The average Bonchev–Trinajstić information content (AvgIpc) is 3.22. The van der Waals surface area contributed by atoms with E-state index in [1.807, 2.05) is 23.1 Å². The van der Waals surface area contributed by atoms with Crippen molar-refractivity contribution >= 4 is 43.0 Å². The van der Waals surface area contributed by atoms with Gasteiger partial charge in [0.1, 0.15) is 10.7 Å². The Kier molecular flexibility index (Phi) is 6.66. The highest BCUT2D eigenvalue weighted by atomic mass is 32.2. The van der Waals surface area contributed by atoms with Gasteiger partial charge in [-0.1, -0.05) is 12.1 Å². The number of piperazine rings is 1. The van der Waals surface area contributed by atoms with Crippen molar-refractivity contribution in [2.75, 3.05) is 31.1 Å². The largest absolute Gasteiger partial charge is 0.363 e. The summed E-state index contributed by atoms with van der Waals surface area (Å²) in [5.41, 5.74) is 1.24. The normalized spacial score (nSPS) is 16.4. The zero-order chi connectivity index (χ0) is 23.8. The lowest BCUT2D eigenvalue weighted by Gasteiger charge is -2.38. The van der Waals surface area contributed by atoms with Gasteiger partial charge < -0.3 is 4.90 Å². The molecule has 1 aromatic heterocycles. The third-order valence-electron chi connectivity index (χ3n) is 5.72. The lowest BCUT2D eigenvalue weighted by atomic mass is 10.2. The molecule has 1 fully saturated rings. The van der Waals surface area contributed by atoms with Crippen molar-refractivity contribution in [3.8, 4) is 0 Å². The Bertz CT molecular complexity index is 1230. The molecule has 1 aliphatic rings. The van der Waals surface area contributed by atoms with Gasteiger partial charge in [0.25, 0.3) is 5.69 Å². The molecule has 1 N–H and O–H groups in total. The zero-order valence-corrected chi connectivity index (χ0v) is 20.4. The van der Waals surface area contributed by atoms with Crippen molar-refractivity contribution < 1.29 is 13.3 Å². The van der Waals surface area contributed by atoms with Crippen LogP contribution in [-0.4, -0.2) is 55.4 Å². The summed E-state index contributed by atoms with van der Waals surface area (Å²) in [7, 11) is -3.81. The summed E-state index contributed by atoms with van der Waals surface area (Å²) in [6.07, 6.45) is 0. The first-order valence-corrected chi connectivity index (χ1v) is 13.1. The minimum Gasteiger partial charge on any atom is -0.363 e. The van der Waals surface area contributed by atoms with Gasteiger partial charge in [0.15, 0.2) is 0 Å². The molecule has 0 unspecified atom stereocenters. The van der Waals surface area contributed by atoms with Crippen molar-refractivity contribution in [1.82, 2.24) is 14.6 Å². The van der Waals surface area contributed by atoms with Gasteiger partial charge in [-0.3, -0.25) is 15.0 Å². The van der Waals surface area contributed by atoms with Crippen LogP contribution in [0.15, 0.2) is 47.4 Å². The van der Waals surface area contributed by atoms with Crippen LogP contribution < -0.4 is 9.62 Å². The number of benzene rings is 2. The maximum atomic E-state index is 12.5. The summed E-state index contributed by atoms with van der Waals surface area (Å²) >= 11 is 1.69. The van der Waals surface area contributed by atoms with Gasteiger partial charge >= 0.3 is 0 Å². The van der Waals surface area contributed by atoms with Gasteiger partial charge in [-0.05, 0) is 45.0 Å². The van der Waals surface area contributed by atoms with Gasteiger partial charge in [-0.25, -0.2) is 18.1 Å². The predicted octanol–water partition coefficient (Wildman–Crippen LogP) is 3.77. The quantitative estimate of drug-likeness (QED) is 0.397. The number of nitrogens with zero attached hydrogens (tertiary/aromatic N) is 4. The molecule has 0 amide bonds. The fourth-order valence-electron chi connectivity index (χ4n) is 4.04. The number of thiazole rings is 1. The monoisotopic (exact) mass is 489 g/mol. The first kappa shape index (κ1) is 23.6. The van der Waals surface area contributed by atoms with Crippen LogP contribution in [0.3, 0.4) is 0 Å². The molecule has 2 aromatic carbocycles. The van der Waals surface area contributed by atoms with Crippen LogP contribution >= 0.6 is 11.3 Å². The number of fused-ring (bicyclic) bond motifs is 1. The highest BCUT2D eigenvalue weighted by molar-refractivity contribution is 7.89. The lowest BCUT2D eigenvalue weighted by molar-refractivity contribution is -0.384. The van der Waals surface area contributed by atoms with Crippen molar-refractivity contribution in [2.45, 2.75) is 37.8 Å². The summed E-state index contributed by atoms with van der Waals surface area (Å²) in [6.45, 7) is 8.20. The van der Waals surface area contributed by atoms with E-state index in [4.69, 9.17) is 4.98 Å². The zero-order valence-electron chi connectivity index (χ0n) is 18.8. The van der Waals surface area contributed by atoms with Crippen molar-refractivity contribution in [3.05, 3.63) is 57.6 Å². The van der Waals surface area contributed by atoms with Gasteiger partial charge in [-0.15, -0.1) is 11.3 Å². The third kappa shape index (κ3) is 5.01. The number of hydrogen-bond donors (Lipinski definition) is 1. The second-order valence-electron chi connectivity index (χ2n) is 8.40. The summed E-state index contributed by atoms with van der Waals surface area (Å²) in [5.74, 6) is 0. The SMILES string of the molecule is CC(C)NS(=O)(=O)c1ccc(N2CCN([C@@H](C)c3nc4ccccc4s3)CC2)c([N+](=O)[O-])c1. The number of sulfonamides is 1. The van der Waals surface area contributed by atoms with Crippen LogP contribution in [0.25, 0.3) is 10.2 Å². The van der Waals surface area contributed by atoms with Crippen LogP contribution in [-0.2, 0) is 10.0 Å². The first-order valence-electron chi connectivity index (χ1n) is 10.8. The van der Waals surface area contributed by atoms with E-state index in [0.717, 1.165) is 34.4 Å². The molecule has 33 heavy (non-hydrogen) atoms. The predicted molar refractivity (Wildman–Crippen MR) is 130 cm³/mol. The number of rotatable bonds is 7. The second kappa shape index (κ2) is 9.34. The average molecular weight is 490 g/mol. The highest BCUT2D eigenvalue weighted by Gasteiger charge is 2.29.